The monoisotopic (exact) mass is 204 g/mol. The summed E-state index contributed by atoms with van der Waals surface area (Å²) in [5, 5.41) is 0. The number of nitrogens with zero attached hydrogens (tertiary/aromatic N) is 3. The highest BCUT2D eigenvalue weighted by Gasteiger charge is 2.02. The molecule has 0 amide bonds. The SMILES string of the molecule is Cn1cc(COc2cccnc2)nc1N. The number of imidazole rings is 1. The van der Waals surface area contributed by atoms with Gasteiger partial charge >= 0.3 is 0 Å². The number of aromatic nitrogens is 3. The van der Waals surface area contributed by atoms with Crippen molar-refractivity contribution in [3.05, 3.63) is 36.4 Å². The second-order valence-electron chi connectivity index (χ2n) is 3.18. The van der Waals surface area contributed by atoms with Crippen molar-refractivity contribution in [2.75, 3.05) is 5.73 Å². The first-order valence-corrected chi connectivity index (χ1v) is 4.56. The van der Waals surface area contributed by atoms with E-state index in [0.29, 0.717) is 12.6 Å². The third-order valence-corrected chi connectivity index (χ3v) is 1.98. The highest BCUT2D eigenvalue weighted by Crippen LogP contribution is 2.10. The van der Waals surface area contributed by atoms with E-state index in [1.165, 1.54) is 0 Å². The van der Waals surface area contributed by atoms with E-state index in [-0.39, 0.29) is 0 Å². The summed E-state index contributed by atoms with van der Waals surface area (Å²) in [6, 6.07) is 3.67. The average molecular weight is 204 g/mol. The summed E-state index contributed by atoms with van der Waals surface area (Å²) in [5.41, 5.74) is 6.40. The van der Waals surface area contributed by atoms with Gasteiger partial charge in [0.1, 0.15) is 12.4 Å². The molecule has 5 heteroatoms. The van der Waals surface area contributed by atoms with Crippen LogP contribution in [0.3, 0.4) is 0 Å². The normalized spacial score (nSPS) is 10.2. The second-order valence-corrected chi connectivity index (χ2v) is 3.18. The molecule has 15 heavy (non-hydrogen) atoms. The molecule has 0 atom stereocenters. The van der Waals surface area contributed by atoms with Gasteiger partial charge in [-0.1, -0.05) is 0 Å². The number of hydrogen-bond donors (Lipinski definition) is 1. The predicted octanol–water partition coefficient (Wildman–Crippen LogP) is 0.976. The molecule has 2 aromatic heterocycles. The van der Waals surface area contributed by atoms with Crippen LogP contribution < -0.4 is 10.5 Å². The van der Waals surface area contributed by atoms with Crippen LogP contribution in [-0.4, -0.2) is 14.5 Å². The standard InChI is InChI=1S/C10H12N4O/c1-14-6-8(13-10(14)11)7-15-9-3-2-4-12-5-9/h2-6H,7H2,1H3,(H2,11,13). The lowest BCUT2D eigenvalue weighted by molar-refractivity contribution is 0.300. The summed E-state index contributed by atoms with van der Waals surface area (Å²) in [6.07, 6.45) is 5.20. The van der Waals surface area contributed by atoms with Crippen LogP contribution in [0.2, 0.25) is 0 Å². The van der Waals surface area contributed by atoms with Crippen molar-refractivity contribution in [1.29, 1.82) is 0 Å². The lowest BCUT2D eigenvalue weighted by Gasteiger charge is -2.01. The van der Waals surface area contributed by atoms with Gasteiger partial charge in [-0.05, 0) is 12.1 Å². The molecule has 2 heterocycles. The first-order valence-electron chi connectivity index (χ1n) is 4.56. The molecule has 5 nitrogen and oxygen atoms in total. The van der Waals surface area contributed by atoms with Crippen molar-refractivity contribution in [3.63, 3.8) is 0 Å². The number of nitrogen functional groups attached to an aromatic ring is 1. The number of rotatable bonds is 3. The number of pyridine rings is 1. The zero-order valence-corrected chi connectivity index (χ0v) is 8.42. The Bertz CT molecular complexity index is 418. The van der Waals surface area contributed by atoms with Crippen molar-refractivity contribution < 1.29 is 4.74 Å². The van der Waals surface area contributed by atoms with Gasteiger partial charge in [0.25, 0.3) is 0 Å². The highest BCUT2D eigenvalue weighted by molar-refractivity contribution is 5.22. The molecule has 0 aliphatic carbocycles. The molecular formula is C10H12N4O. The summed E-state index contributed by atoms with van der Waals surface area (Å²) >= 11 is 0. The average Bonchev–Trinajstić information content (AvgIpc) is 2.57. The van der Waals surface area contributed by atoms with E-state index in [1.54, 1.807) is 17.0 Å². The summed E-state index contributed by atoms with van der Waals surface area (Å²) in [7, 11) is 1.84. The van der Waals surface area contributed by atoms with Crippen molar-refractivity contribution in [1.82, 2.24) is 14.5 Å². The molecule has 0 fully saturated rings. The Kier molecular flexibility index (Phi) is 2.53. The Labute approximate surface area is 87.5 Å². The highest BCUT2D eigenvalue weighted by atomic mass is 16.5. The van der Waals surface area contributed by atoms with Crippen LogP contribution >= 0.6 is 0 Å². The quantitative estimate of drug-likeness (QED) is 0.809. The minimum Gasteiger partial charge on any atom is -0.486 e. The predicted molar refractivity (Wildman–Crippen MR) is 56.2 cm³/mol. The molecular weight excluding hydrogens is 192 g/mol. The number of aryl methyl sites for hydroxylation is 1. The fourth-order valence-electron chi connectivity index (χ4n) is 1.20. The van der Waals surface area contributed by atoms with Crippen LogP contribution in [0.15, 0.2) is 30.7 Å². The van der Waals surface area contributed by atoms with Gasteiger partial charge in [0.15, 0.2) is 5.95 Å². The van der Waals surface area contributed by atoms with Gasteiger partial charge < -0.3 is 15.0 Å². The van der Waals surface area contributed by atoms with Gasteiger partial charge in [-0.25, -0.2) is 4.98 Å². The van der Waals surface area contributed by atoms with E-state index in [0.717, 1.165) is 11.4 Å². The van der Waals surface area contributed by atoms with E-state index in [1.807, 2.05) is 25.4 Å². The molecule has 2 rings (SSSR count). The first-order chi connectivity index (χ1) is 7.25. The van der Waals surface area contributed by atoms with Gasteiger partial charge in [0.05, 0.1) is 11.9 Å². The van der Waals surface area contributed by atoms with Crippen LogP contribution in [0.1, 0.15) is 5.69 Å². The van der Waals surface area contributed by atoms with Crippen molar-refractivity contribution >= 4 is 5.95 Å². The summed E-state index contributed by atoms with van der Waals surface area (Å²) in [6.45, 7) is 0.400. The fraction of sp³-hybridized carbons (Fsp3) is 0.200. The van der Waals surface area contributed by atoms with Gasteiger partial charge in [-0.3, -0.25) is 4.98 Å². The number of anilines is 1. The van der Waals surface area contributed by atoms with E-state index in [4.69, 9.17) is 10.5 Å². The van der Waals surface area contributed by atoms with E-state index in [9.17, 15) is 0 Å². The Hall–Kier alpha value is -2.04. The lowest BCUT2D eigenvalue weighted by atomic mass is 10.4. The molecule has 0 bridgehead atoms. The fourth-order valence-corrected chi connectivity index (χ4v) is 1.20. The van der Waals surface area contributed by atoms with Gasteiger partial charge in [-0.15, -0.1) is 0 Å². The van der Waals surface area contributed by atoms with Crippen LogP contribution in [-0.2, 0) is 13.7 Å². The van der Waals surface area contributed by atoms with Crippen LogP contribution in [0.4, 0.5) is 5.95 Å². The van der Waals surface area contributed by atoms with E-state index in [2.05, 4.69) is 9.97 Å². The Morgan fingerprint density at radius 3 is 3.00 bits per heavy atom. The zero-order valence-electron chi connectivity index (χ0n) is 8.42. The minimum absolute atomic E-state index is 0.400. The van der Waals surface area contributed by atoms with Gasteiger partial charge in [0, 0.05) is 19.4 Å². The van der Waals surface area contributed by atoms with Crippen LogP contribution in [0, 0.1) is 0 Å². The Balaban J connectivity index is 1.99. The van der Waals surface area contributed by atoms with Crippen molar-refractivity contribution in [2.24, 2.45) is 7.05 Å². The number of ether oxygens (including phenoxy) is 1. The molecule has 0 unspecified atom stereocenters. The molecule has 0 saturated carbocycles. The largest absolute Gasteiger partial charge is 0.486 e. The van der Waals surface area contributed by atoms with Crippen LogP contribution in [0.25, 0.3) is 0 Å². The maximum absolute atomic E-state index is 5.59. The van der Waals surface area contributed by atoms with Crippen molar-refractivity contribution in [3.8, 4) is 5.75 Å². The third kappa shape index (κ3) is 2.25. The molecule has 78 valence electrons. The van der Waals surface area contributed by atoms with E-state index >= 15 is 0 Å². The smallest absolute Gasteiger partial charge is 0.200 e. The number of nitrogens with two attached hydrogens (primary N) is 1. The lowest BCUT2D eigenvalue weighted by Crippen LogP contribution is -1.96. The maximum atomic E-state index is 5.59. The summed E-state index contributed by atoms with van der Waals surface area (Å²) < 4.78 is 7.22. The van der Waals surface area contributed by atoms with Crippen LogP contribution in [0.5, 0.6) is 5.75 Å². The molecule has 2 aromatic rings. The summed E-state index contributed by atoms with van der Waals surface area (Å²) in [5.74, 6) is 1.21. The van der Waals surface area contributed by atoms with Gasteiger partial charge in [-0.2, -0.15) is 0 Å². The Morgan fingerprint density at radius 1 is 1.53 bits per heavy atom. The minimum atomic E-state index is 0.400. The second kappa shape index (κ2) is 4.00. The Morgan fingerprint density at radius 2 is 2.40 bits per heavy atom. The topological polar surface area (TPSA) is 66.0 Å². The summed E-state index contributed by atoms with van der Waals surface area (Å²) in [4.78, 5) is 8.07. The molecule has 2 N–H and O–H groups in total. The van der Waals surface area contributed by atoms with E-state index < -0.39 is 0 Å². The molecule has 0 aromatic carbocycles. The molecule has 0 saturated heterocycles. The number of hydrogen-bond acceptors (Lipinski definition) is 4. The first kappa shape index (κ1) is 9.51. The molecule has 0 aliphatic rings. The molecule has 0 spiro atoms. The van der Waals surface area contributed by atoms with Crippen molar-refractivity contribution in [2.45, 2.75) is 6.61 Å². The molecule has 0 radical (unpaired) electrons. The third-order valence-electron chi connectivity index (χ3n) is 1.98. The molecule has 0 aliphatic heterocycles. The van der Waals surface area contributed by atoms with Gasteiger partial charge in [0.2, 0.25) is 0 Å². The zero-order chi connectivity index (χ0) is 10.7. The maximum Gasteiger partial charge on any atom is 0.200 e.